The summed E-state index contributed by atoms with van der Waals surface area (Å²) in [6, 6.07) is 3.63. The lowest BCUT2D eigenvalue weighted by molar-refractivity contribution is -0.138. The first-order valence-electron chi connectivity index (χ1n) is 9.85. The summed E-state index contributed by atoms with van der Waals surface area (Å²) in [4.78, 5) is 31.3. The Labute approximate surface area is 164 Å². The molecule has 2 aromatic rings. The maximum atomic E-state index is 12.9. The van der Waals surface area contributed by atoms with Gasteiger partial charge in [-0.1, -0.05) is 5.16 Å². The summed E-state index contributed by atoms with van der Waals surface area (Å²) in [5.74, 6) is 1.09. The number of hydrogen-bond donors (Lipinski definition) is 0. The zero-order chi connectivity index (χ0) is 19.5. The number of likely N-dealkylation sites (tertiary alicyclic amines) is 1. The van der Waals surface area contributed by atoms with Crippen molar-refractivity contribution in [2.24, 2.45) is 5.92 Å². The Balaban J connectivity index is 1.23. The first kappa shape index (κ1) is 18.7. The van der Waals surface area contributed by atoms with Gasteiger partial charge in [-0.15, -0.1) is 0 Å². The monoisotopic (exact) mass is 386 g/mol. The second-order valence-corrected chi connectivity index (χ2v) is 7.61. The van der Waals surface area contributed by atoms with Gasteiger partial charge in [0.25, 0.3) is 5.91 Å². The van der Waals surface area contributed by atoms with E-state index in [1.165, 1.54) is 12.5 Å². The number of aryl methyl sites for hydroxylation is 1. The molecule has 0 aromatic carbocycles. The van der Waals surface area contributed by atoms with Crippen molar-refractivity contribution in [1.82, 2.24) is 19.9 Å². The molecule has 8 nitrogen and oxygen atoms in total. The number of aromatic nitrogens is 1. The molecule has 28 heavy (non-hydrogen) atoms. The predicted molar refractivity (Wildman–Crippen MR) is 100 cm³/mol. The Kier molecular flexibility index (Phi) is 5.47. The minimum Gasteiger partial charge on any atom is -0.472 e. The summed E-state index contributed by atoms with van der Waals surface area (Å²) in [6.45, 7) is 7.03. The van der Waals surface area contributed by atoms with E-state index in [1.54, 1.807) is 6.07 Å². The van der Waals surface area contributed by atoms with E-state index in [-0.39, 0.29) is 17.7 Å². The molecule has 2 saturated heterocycles. The van der Waals surface area contributed by atoms with Gasteiger partial charge in [0.05, 0.1) is 24.1 Å². The van der Waals surface area contributed by atoms with Gasteiger partial charge in [0, 0.05) is 51.3 Å². The van der Waals surface area contributed by atoms with Gasteiger partial charge in [-0.05, 0) is 25.8 Å². The van der Waals surface area contributed by atoms with Crippen LogP contribution in [0.5, 0.6) is 0 Å². The predicted octanol–water partition coefficient (Wildman–Crippen LogP) is 1.77. The van der Waals surface area contributed by atoms with E-state index >= 15 is 0 Å². The second-order valence-electron chi connectivity index (χ2n) is 7.61. The largest absolute Gasteiger partial charge is 0.472 e. The molecule has 2 aromatic heterocycles. The average molecular weight is 386 g/mol. The molecule has 2 fully saturated rings. The molecule has 0 atom stereocenters. The number of amides is 2. The van der Waals surface area contributed by atoms with Gasteiger partial charge in [0.1, 0.15) is 6.26 Å². The molecule has 0 spiro atoms. The molecular formula is C20H26N4O4. The van der Waals surface area contributed by atoms with Crippen LogP contribution < -0.4 is 0 Å². The Morgan fingerprint density at radius 2 is 1.86 bits per heavy atom. The number of carbonyl (C=O) groups excluding carboxylic acids is 2. The standard InChI is InChI=1S/C20H26N4O4/c1-15-12-18(28-21-15)13-22-7-9-24(10-8-22)19(25)16-2-5-23(6-3-16)20(26)17-4-11-27-14-17/h4,11-12,14,16H,2-3,5-10,13H2,1H3. The zero-order valence-electron chi connectivity index (χ0n) is 16.2. The highest BCUT2D eigenvalue weighted by atomic mass is 16.5. The molecular weight excluding hydrogens is 360 g/mol. The van der Waals surface area contributed by atoms with Crippen molar-refractivity contribution in [3.63, 3.8) is 0 Å². The first-order valence-corrected chi connectivity index (χ1v) is 9.85. The van der Waals surface area contributed by atoms with Crippen LogP contribution in [-0.2, 0) is 11.3 Å². The molecule has 4 rings (SSSR count). The minimum absolute atomic E-state index is 0.0110. The Morgan fingerprint density at radius 3 is 2.46 bits per heavy atom. The highest BCUT2D eigenvalue weighted by Crippen LogP contribution is 2.22. The molecule has 0 saturated carbocycles. The third-order valence-corrected chi connectivity index (χ3v) is 5.64. The van der Waals surface area contributed by atoms with Gasteiger partial charge >= 0.3 is 0 Å². The van der Waals surface area contributed by atoms with Crippen LogP contribution in [0.15, 0.2) is 33.6 Å². The Bertz CT molecular complexity index is 800. The third kappa shape index (κ3) is 4.11. The van der Waals surface area contributed by atoms with Gasteiger partial charge in [-0.25, -0.2) is 0 Å². The minimum atomic E-state index is -0.0177. The molecule has 0 bridgehead atoms. The van der Waals surface area contributed by atoms with E-state index in [9.17, 15) is 9.59 Å². The fourth-order valence-corrected chi connectivity index (χ4v) is 3.99. The third-order valence-electron chi connectivity index (χ3n) is 5.64. The van der Waals surface area contributed by atoms with E-state index in [0.717, 1.165) is 57.0 Å². The molecule has 4 heterocycles. The molecule has 2 aliphatic rings. The number of piperazine rings is 1. The lowest BCUT2D eigenvalue weighted by Gasteiger charge is -2.38. The van der Waals surface area contributed by atoms with Gasteiger partial charge in [-0.2, -0.15) is 0 Å². The summed E-state index contributed by atoms with van der Waals surface area (Å²) in [7, 11) is 0. The second kappa shape index (κ2) is 8.18. The number of nitrogens with zero attached hydrogens (tertiary/aromatic N) is 4. The van der Waals surface area contributed by atoms with E-state index in [4.69, 9.17) is 8.94 Å². The smallest absolute Gasteiger partial charge is 0.257 e. The highest BCUT2D eigenvalue weighted by Gasteiger charge is 2.32. The van der Waals surface area contributed by atoms with E-state index in [0.29, 0.717) is 18.7 Å². The van der Waals surface area contributed by atoms with Gasteiger partial charge in [0.15, 0.2) is 5.76 Å². The highest BCUT2D eigenvalue weighted by molar-refractivity contribution is 5.94. The molecule has 0 aliphatic carbocycles. The van der Waals surface area contributed by atoms with Gasteiger partial charge in [-0.3, -0.25) is 14.5 Å². The number of carbonyl (C=O) groups is 2. The van der Waals surface area contributed by atoms with E-state index < -0.39 is 0 Å². The molecule has 2 aliphatic heterocycles. The van der Waals surface area contributed by atoms with E-state index in [2.05, 4.69) is 10.1 Å². The molecule has 0 N–H and O–H groups in total. The molecule has 150 valence electrons. The molecule has 2 amide bonds. The summed E-state index contributed by atoms with van der Waals surface area (Å²) in [5.41, 5.74) is 1.46. The van der Waals surface area contributed by atoms with Crippen molar-refractivity contribution in [1.29, 1.82) is 0 Å². The quantitative estimate of drug-likeness (QED) is 0.796. The van der Waals surface area contributed by atoms with Crippen LogP contribution in [0.3, 0.4) is 0 Å². The van der Waals surface area contributed by atoms with E-state index in [1.807, 2.05) is 22.8 Å². The Morgan fingerprint density at radius 1 is 1.11 bits per heavy atom. The zero-order valence-corrected chi connectivity index (χ0v) is 16.2. The normalized spacial score (nSPS) is 19.2. The van der Waals surface area contributed by atoms with Crippen LogP contribution in [0.4, 0.5) is 0 Å². The molecule has 8 heteroatoms. The maximum absolute atomic E-state index is 12.9. The van der Waals surface area contributed by atoms with Crippen LogP contribution in [0.25, 0.3) is 0 Å². The van der Waals surface area contributed by atoms with Crippen LogP contribution in [0.1, 0.15) is 34.7 Å². The van der Waals surface area contributed by atoms with Crippen molar-refractivity contribution in [3.05, 3.63) is 41.7 Å². The van der Waals surface area contributed by atoms with Crippen molar-refractivity contribution >= 4 is 11.8 Å². The Hall–Kier alpha value is -2.61. The lowest BCUT2D eigenvalue weighted by Crippen LogP contribution is -2.51. The van der Waals surface area contributed by atoms with Crippen LogP contribution in [0, 0.1) is 12.8 Å². The van der Waals surface area contributed by atoms with Crippen molar-refractivity contribution < 1.29 is 18.5 Å². The molecule has 0 unspecified atom stereocenters. The first-order chi connectivity index (χ1) is 13.6. The number of piperidine rings is 1. The SMILES string of the molecule is Cc1cc(CN2CCN(C(=O)C3CCN(C(=O)c4ccoc4)CC3)CC2)on1. The van der Waals surface area contributed by atoms with Crippen molar-refractivity contribution in [3.8, 4) is 0 Å². The van der Waals surface area contributed by atoms with Crippen LogP contribution >= 0.6 is 0 Å². The topological polar surface area (TPSA) is 83.0 Å². The summed E-state index contributed by atoms with van der Waals surface area (Å²) in [6.07, 6.45) is 4.42. The fraction of sp³-hybridized carbons (Fsp3) is 0.550. The number of rotatable bonds is 4. The van der Waals surface area contributed by atoms with Crippen molar-refractivity contribution in [2.45, 2.75) is 26.3 Å². The van der Waals surface area contributed by atoms with Gasteiger partial charge in [0.2, 0.25) is 5.91 Å². The van der Waals surface area contributed by atoms with Crippen LogP contribution in [-0.4, -0.2) is 70.9 Å². The average Bonchev–Trinajstić information content (AvgIpc) is 3.40. The van der Waals surface area contributed by atoms with Crippen LogP contribution in [0.2, 0.25) is 0 Å². The van der Waals surface area contributed by atoms with Gasteiger partial charge < -0.3 is 18.7 Å². The molecule has 0 radical (unpaired) electrons. The lowest BCUT2D eigenvalue weighted by atomic mass is 9.94. The number of furan rings is 1. The summed E-state index contributed by atoms with van der Waals surface area (Å²) in [5, 5.41) is 3.92. The van der Waals surface area contributed by atoms with Crippen molar-refractivity contribution in [2.75, 3.05) is 39.3 Å². The fourth-order valence-electron chi connectivity index (χ4n) is 3.99. The summed E-state index contributed by atoms with van der Waals surface area (Å²) < 4.78 is 10.3. The number of hydrogen-bond acceptors (Lipinski definition) is 6. The summed E-state index contributed by atoms with van der Waals surface area (Å²) >= 11 is 0. The maximum Gasteiger partial charge on any atom is 0.257 e.